The molecule has 5 nitrogen and oxygen atoms in total. The van der Waals surface area contributed by atoms with Crippen molar-refractivity contribution in [1.82, 2.24) is 4.90 Å². The predicted octanol–water partition coefficient (Wildman–Crippen LogP) is 0.522. The van der Waals surface area contributed by atoms with Crippen LogP contribution in [0, 0.1) is 5.82 Å². The highest BCUT2D eigenvalue weighted by Crippen LogP contribution is 2.22. The third-order valence-electron chi connectivity index (χ3n) is 2.97. The number of benzene rings is 1. The number of carbonyl (C=O) groups is 1. The molecule has 0 bridgehead atoms. The minimum Gasteiger partial charge on any atom is -0.480 e. The average Bonchev–Trinajstić information content (AvgIpc) is 2.46. The second-order valence-electron chi connectivity index (χ2n) is 4.21. The van der Waals surface area contributed by atoms with Gasteiger partial charge in [-0.15, -0.1) is 0 Å². The molecule has 1 aliphatic rings. The number of hydrogen-bond acceptors (Lipinski definition) is 4. The first kappa shape index (κ1) is 13.8. The monoisotopic (exact) mass is 268 g/mol. The van der Waals surface area contributed by atoms with Gasteiger partial charge >= 0.3 is 0 Å². The van der Waals surface area contributed by atoms with Gasteiger partial charge in [0.1, 0.15) is 0 Å². The first-order chi connectivity index (χ1) is 9.22. The smallest absolute Gasteiger partial charge is 0.260 e. The van der Waals surface area contributed by atoms with Crippen molar-refractivity contribution < 1.29 is 18.7 Å². The van der Waals surface area contributed by atoms with Crippen molar-refractivity contribution in [2.75, 3.05) is 32.9 Å². The van der Waals surface area contributed by atoms with E-state index in [9.17, 15) is 9.18 Å². The molecule has 0 radical (unpaired) electrons. The van der Waals surface area contributed by atoms with E-state index in [4.69, 9.17) is 15.2 Å². The summed E-state index contributed by atoms with van der Waals surface area (Å²) < 4.78 is 24.0. The molecular weight excluding hydrogens is 251 g/mol. The molecule has 19 heavy (non-hydrogen) atoms. The Hall–Kier alpha value is -1.66. The number of carbonyl (C=O) groups excluding carboxylic acids is 1. The van der Waals surface area contributed by atoms with Gasteiger partial charge in [-0.1, -0.05) is 12.1 Å². The zero-order valence-electron chi connectivity index (χ0n) is 10.6. The normalized spacial score (nSPS) is 15.4. The van der Waals surface area contributed by atoms with E-state index >= 15 is 0 Å². The zero-order valence-corrected chi connectivity index (χ0v) is 10.6. The number of amides is 1. The number of para-hydroxylation sites is 1. The lowest BCUT2D eigenvalue weighted by Crippen LogP contribution is -2.43. The molecule has 0 aliphatic carbocycles. The molecule has 1 aromatic carbocycles. The average molecular weight is 268 g/mol. The number of hydrogen-bond donors (Lipinski definition) is 1. The molecule has 2 rings (SSSR count). The van der Waals surface area contributed by atoms with Gasteiger partial charge in [-0.25, -0.2) is 4.39 Å². The molecule has 1 amide bonds. The molecule has 0 atom stereocenters. The zero-order chi connectivity index (χ0) is 13.7. The molecule has 0 aromatic heterocycles. The fourth-order valence-corrected chi connectivity index (χ4v) is 1.91. The predicted molar refractivity (Wildman–Crippen MR) is 67.2 cm³/mol. The van der Waals surface area contributed by atoms with Crippen LogP contribution in [0.25, 0.3) is 0 Å². The van der Waals surface area contributed by atoms with Crippen molar-refractivity contribution in [2.45, 2.75) is 6.54 Å². The van der Waals surface area contributed by atoms with Gasteiger partial charge in [0.25, 0.3) is 5.91 Å². The van der Waals surface area contributed by atoms with Crippen LogP contribution in [0.1, 0.15) is 5.56 Å². The second kappa shape index (κ2) is 6.49. The minimum absolute atomic E-state index is 0.0617. The molecule has 1 heterocycles. The fraction of sp³-hybridized carbons (Fsp3) is 0.462. The molecule has 1 aliphatic heterocycles. The van der Waals surface area contributed by atoms with Gasteiger partial charge in [0, 0.05) is 25.2 Å². The first-order valence-electron chi connectivity index (χ1n) is 6.18. The molecule has 1 saturated heterocycles. The Morgan fingerprint density at radius 3 is 2.84 bits per heavy atom. The Morgan fingerprint density at radius 1 is 1.42 bits per heavy atom. The van der Waals surface area contributed by atoms with E-state index in [2.05, 4.69) is 0 Å². The highest BCUT2D eigenvalue weighted by molar-refractivity contribution is 5.77. The van der Waals surface area contributed by atoms with E-state index < -0.39 is 5.82 Å². The van der Waals surface area contributed by atoms with Crippen molar-refractivity contribution in [3.63, 3.8) is 0 Å². The molecule has 1 fully saturated rings. The Kier molecular flexibility index (Phi) is 4.70. The van der Waals surface area contributed by atoms with Gasteiger partial charge < -0.3 is 20.1 Å². The maximum atomic E-state index is 13.6. The first-order valence-corrected chi connectivity index (χ1v) is 6.18. The van der Waals surface area contributed by atoms with E-state index in [-0.39, 0.29) is 24.8 Å². The van der Waals surface area contributed by atoms with Gasteiger partial charge in [-0.2, -0.15) is 0 Å². The summed E-state index contributed by atoms with van der Waals surface area (Å²) >= 11 is 0. The van der Waals surface area contributed by atoms with Crippen LogP contribution in [0.5, 0.6) is 5.75 Å². The summed E-state index contributed by atoms with van der Waals surface area (Å²) in [6.45, 7) is 2.12. The van der Waals surface area contributed by atoms with Crippen LogP contribution in [-0.4, -0.2) is 43.7 Å². The van der Waals surface area contributed by atoms with Crippen LogP contribution < -0.4 is 10.5 Å². The molecule has 2 N–H and O–H groups in total. The lowest BCUT2D eigenvalue weighted by atomic mass is 10.2. The van der Waals surface area contributed by atoms with E-state index in [0.29, 0.717) is 31.9 Å². The standard InChI is InChI=1S/C13H17FN2O3/c14-11-3-1-2-10(8-15)13(11)19-9-12(17)16-4-6-18-7-5-16/h1-3H,4-9,15H2. The van der Waals surface area contributed by atoms with Crippen LogP contribution in [0.15, 0.2) is 18.2 Å². The fourth-order valence-electron chi connectivity index (χ4n) is 1.91. The van der Waals surface area contributed by atoms with E-state index in [0.717, 1.165) is 0 Å². The van der Waals surface area contributed by atoms with Crippen LogP contribution in [0.2, 0.25) is 0 Å². The van der Waals surface area contributed by atoms with E-state index in [1.165, 1.54) is 6.07 Å². The Bertz CT molecular complexity index is 448. The van der Waals surface area contributed by atoms with Crippen LogP contribution in [0.3, 0.4) is 0 Å². The van der Waals surface area contributed by atoms with Crippen LogP contribution in [0.4, 0.5) is 4.39 Å². The number of ether oxygens (including phenoxy) is 2. The van der Waals surface area contributed by atoms with E-state index in [1.807, 2.05) is 0 Å². The topological polar surface area (TPSA) is 64.8 Å². The summed E-state index contributed by atoms with van der Waals surface area (Å²) in [4.78, 5) is 13.5. The van der Waals surface area contributed by atoms with Crippen molar-refractivity contribution in [3.8, 4) is 5.75 Å². The highest BCUT2D eigenvalue weighted by atomic mass is 19.1. The maximum Gasteiger partial charge on any atom is 0.260 e. The van der Waals surface area contributed by atoms with Crippen molar-refractivity contribution in [3.05, 3.63) is 29.6 Å². The van der Waals surface area contributed by atoms with E-state index in [1.54, 1.807) is 17.0 Å². The van der Waals surface area contributed by atoms with Gasteiger partial charge in [-0.3, -0.25) is 4.79 Å². The summed E-state index contributed by atoms with van der Waals surface area (Å²) in [6.07, 6.45) is 0. The molecule has 1 aromatic rings. The molecule has 0 unspecified atom stereocenters. The third-order valence-corrected chi connectivity index (χ3v) is 2.97. The Balaban J connectivity index is 1.96. The summed E-state index contributed by atoms with van der Waals surface area (Å²) in [5.74, 6) is -0.612. The number of nitrogens with zero attached hydrogens (tertiary/aromatic N) is 1. The number of morpholine rings is 1. The molecule has 6 heteroatoms. The lowest BCUT2D eigenvalue weighted by molar-refractivity contribution is -0.137. The quantitative estimate of drug-likeness (QED) is 0.864. The summed E-state index contributed by atoms with van der Waals surface area (Å²) in [5, 5.41) is 0. The SMILES string of the molecule is NCc1cccc(F)c1OCC(=O)N1CCOCC1. The molecular formula is C13H17FN2O3. The van der Waals surface area contributed by atoms with Crippen LogP contribution in [-0.2, 0) is 16.1 Å². The van der Waals surface area contributed by atoms with Gasteiger partial charge in [0.05, 0.1) is 13.2 Å². The highest BCUT2D eigenvalue weighted by Gasteiger charge is 2.18. The Morgan fingerprint density at radius 2 is 2.16 bits per heavy atom. The van der Waals surface area contributed by atoms with Crippen LogP contribution >= 0.6 is 0 Å². The number of nitrogens with two attached hydrogens (primary N) is 1. The molecule has 104 valence electrons. The second-order valence-corrected chi connectivity index (χ2v) is 4.21. The summed E-state index contributed by atoms with van der Waals surface area (Å²) in [6, 6.07) is 4.53. The van der Waals surface area contributed by atoms with Crippen molar-refractivity contribution in [1.29, 1.82) is 0 Å². The largest absolute Gasteiger partial charge is 0.480 e. The van der Waals surface area contributed by atoms with Gasteiger partial charge in [-0.05, 0) is 6.07 Å². The minimum atomic E-state index is -0.502. The van der Waals surface area contributed by atoms with Gasteiger partial charge in [0.15, 0.2) is 18.2 Å². The van der Waals surface area contributed by atoms with Gasteiger partial charge in [0.2, 0.25) is 0 Å². The number of rotatable bonds is 4. The molecule has 0 saturated carbocycles. The van der Waals surface area contributed by atoms with Crippen molar-refractivity contribution >= 4 is 5.91 Å². The maximum absolute atomic E-state index is 13.6. The lowest BCUT2D eigenvalue weighted by Gasteiger charge is -2.26. The third kappa shape index (κ3) is 3.42. The molecule has 0 spiro atoms. The summed E-state index contributed by atoms with van der Waals surface area (Å²) in [5.41, 5.74) is 6.06. The Labute approximate surface area is 111 Å². The van der Waals surface area contributed by atoms with Crippen molar-refractivity contribution in [2.24, 2.45) is 5.73 Å². The summed E-state index contributed by atoms with van der Waals surface area (Å²) in [7, 11) is 0. The number of halogens is 1.